The van der Waals surface area contributed by atoms with Crippen LogP contribution in [-0.2, 0) is 14.8 Å². The van der Waals surface area contributed by atoms with E-state index in [2.05, 4.69) is 26.0 Å². The average molecular weight is 422 g/mol. The van der Waals surface area contributed by atoms with Crippen LogP contribution in [0.4, 0.5) is 10.1 Å². The van der Waals surface area contributed by atoms with Gasteiger partial charge in [0.25, 0.3) is 0 Å². The molecule has 2 aromatic carbocycles. The summed E-state index contributed by atoms with van der Waals surface area (Å²) < 4.78 is 39.8. The molecule has 0 radical (unpaired) electrons. The molecule has 0 saturated heterocycles. The lowest BCUT2D eigenvalue weighted by Gasteiger charge is -2.09. The second kappa shape index (κ2) is 7.39. The van der Waals surface area contributed by atoms with Gasteiger partial charge in [-0.15, -0.1) is 0 Å². The first kappa shape index (κ1) is 17.9. The van der Waals surface area contributed by atoms with E-state index < -0.39 is 28.3 Å². The summed E-state index contributed by atoms with van der Waals surface area (Å²) in [4.78, 5) is 11.6. The molecular formula is C14H11BrClFN2O3S. The molecule has 2 N–H and O–H groups in total. The van der Waals surface area contributed by atoms with Crippen molar-refractivity contribution >= 4 is 49.1 Å². The van der Waals surface area contributed by atoms with Gasteiger partial charge in [-0.1, -0.05) is 27.5 Å². The second-order valence-electron chi connectivity index (χ2n) is 4.45. The highest BCUT2D eigenvalue weighted by atomic mass is 79.9. The summed E-state index contributed by atoms with van der Waals surface area (Å²) in [6.07, 6.45) is 0. The normalized spacial score (nSPS) is 11.3. The monoisotopic (exact) mass is 420 g/mol. The largest absolute Gasteiger partial charge is 0.325 e. The Kier molecular flexibility index (Phi) is 5.74. The fraction of sp³-hybridized carbons (Fsp3) is 0.0714. The summed E-state index contributed by atoms with van der Waals surface area (Å²) in [5, 5.41) is 2.48. The molecule has 2 rings (SSSR count). The van der Waals surface area contributed by atoms with Crippen molar-refractivity contribution in [1.82, 2.24) is 4.72 Å². The zero-order chi connectivity index (χ0) is 17.0. The van der Waals surface area contributed by atoms with E-state index in [-0.39, 0.29) is 9.92 Å². The standard InChI is InChI=1S/C14H11BrClFN2O3S/c15-9-1-6-13(12(16)7-9)23(21,22)18-8-14(20)19-11-4-2-10(17)3-5-11/h1-7,18H,8H2,(H,19,20). The molecule has 0 heterocycles. The highest BCUT2D eigenvalue weighted by molar-refractivity contribution is 9.10. The van der Waals surface area contributed by atoms with Gasteiger partial charge in [0.15, 0.2) is 0 Å². The smallest absolute Gasteiger partial charge is 0.242 e. The molecule has 1 amide bonds. The van der Waals surface area contributed by atoms with Crippen LogP contribution in [0, 0.1) is 5.82 Å². The summed E-state index contributed by atoms with van der Waals surface area (Å²) in [7, 11) is -3.93. The van der Waals surface area contributed by atoms with Crippen LogP contribution in [0.15, 0.2) is 51.8 Å². The summed E-state index contributed by atoms with van der Waals surface area (Å²) in [6, 6.07) is 9.39. The molecule has 0 aromatic heterocycles. The number of halogens is 3. The Morgan fingerprint density at radius 3 is 2.43 bits per heavy atom. The van der Waals surface area contributed by atoms with E-state index in [9.17, 15) is 17.6 Å². The topological polar surface area (TPSA) is 75.3 Å². The Hall–Kier alpha value is -1.48. The summed E-state index contributed by atoms with van der Waals surface area (Å²) >= 11 is 9.07. The molecule has 0 atom stereocenters. The molecular weight excluding hydrogens is 411 g/mol. The molecule has 0 saturated carbocycles. The number of carbonyl (C=O) groups is 1. The van der Waals surface area contributed by atoms with Crippen molar-refractivity contribution in [2.24, 2.45) is 0 Å². The highest BCUT2D eigenvalue weighted by Crippen LogP contribution is 2.24. The minimum Gasteiger partial charge on any atom is -0.325 e. The van der Waals surface area contributed by atoms with E-state index in [1.165, 1.54) is 42.5 Å². The highest BCUT2D eigenvalue weighted by Gasteiger charge is 2.19. The van der Waals surface area contributed by atoms with E-state index in [0.29, 0.717) is 10.2 Å². The molecule has 5 nitrogen and oxygen atoms in total. The Balaban J connectivity index is 2.01. The minimum atomic E-state index is -3.93. The number of rotatable bonds is 5. The maximum atomic E-state index is 12.8. The maximum absolute atomic E-state index is 12.8. The van der Waals surface area contributed by atoms with Gasteiger partial charge in [-0.2, -0.15) is 0 Å². The molecule has 0 aliphatic carbocycles. The van der Waals surface area contributed by atoms with E-state index in [1.54, 1.807) is 0 Å². The first-order valence-corrected chi connectivity index (χ1v) is 8.93. The lowest BCUT2D eigenvalue weighted by Crippen LogP contribution is -2.33. The van der Waals surface area contributed by atoms with Gasteiger partial charge in [0, 0.05) is 10.2 Å². The molecule has 0 fully saturated rings. The zero-order valence-corrected chi connectivity index (χ0v) is 14.7. The third kappa shape index (κ3) is 5.00. The second-order valence-corrected chi connectivity index (χ2v) is 7.51. The van der Waals surface area contributed by atoms with Crippen LogP contribution in [0.1, 0.15) is 0 Å². The van der Waals surface area contributed by atoms with E-state index >= 15 is 0 Å². The van der Waals surface area contributed by atoms with E-state index in [0.717, 1.165) is 0 Å². The number of anilines is 1. The van der Waals surface area contributed by atoms with Gasteiger partial charge < -0.3 is 5.32 Å². The van der Waals surface area contributed by atoms with Crippen molar-refractivity contribution in [2.45, 2.75) is 4.90 Å². The van der Waals surface area contributed by atoms with Crippen LogP contribution in [0.3, 0.4) is 0 Å². The molecule has 0 bridgehead atoms. The van der Waals surface area contributed by atoms with Crippen LogP contribution >= 0.6 is 27.5 Å². The number of hydrogen-bond acceptors (Lipinski definition) is 3. The summed E-state index contributed by atoms with van der Waals surface area (Å²) in [6.45, 7) is -0.480. The van der Waals surface area contributed by atoms with Crippen molar-refractivity contribution in [3.63, 3.8) is 0 Å². The molecule has 122 valence electrons. The average Bonchev–Trinajstić information content (AvgIpc) is 2.47. The molecule has 0 aliphatic heterocycles. The number of carbonyl (C=O) groups excluding carboxylic acids is 1. The van der Waals surface area contributed by atoms with Crippen LogP contribution in [0.5, 0.6) is 0 Å². The summed E-state index contributed by atoms with van der Waals surface area (Å²) in [5.74, 6) is -1.03. The predicted molar refractivity (Wildman–Crippen MR) is 89.4 cm³/mol. The molecule has 23 heavy (non-hydrogen) atoms. The number of sulfonamides is 1. The SMILES string of the molecule is O=C(CNS(=O)(=O)c1ccc(Br)cc1Cl)Nc1ccc(F)cc1. The van der Waals surface area contributed by atoms with Crippen molar-refractivity contribution in [1.29, 1.82) is 0 Å². The Labute approximate surface area is 146 Å². The van der Waals surface area contributed by atoms with Crippen LogP contribution in [0.2, 0.25) is 5.02 Å². The molecule has 2 aromatic rings. The van der Waals surface area contributed by atoms with Crippen molar-refractivity contribution < 1.29 is 17.6 Å². The van der Waals surface area contributed by atoms with Gasteiger partial charge in [0.2, 0.25) is 15.9 Å². The fourth-order valence-electron chi connectivity index (χ4n) is 1.67. The molecule has 0 unspecified atom stereocenters. The van der Waals surface area contributed by atoms with Gasteiger partial charge in [-0.3, -0.25) is 4.79 Å². The van der Waals surface area contributed by atoms with Crippen molar-refractivity contribution in [2.75, 3.05) is 11.9 Å². The van der Waals surface area contributed by atoms with Gasteiger partial charge in [0.05, 0.1) is 11.6 Å². The number of hydrogen-bond donors (Lipinski definition) is 2. The van der Waals surface area contributed by atoms with Crippen LogP contribution < -0.4 is 10.0 Å². The maximum Gasteiger partial charge on any atom is 0.242 e. The Morgan fingerprint density at radius 2 is 1.83 bits per heavy atom. The predicted octanol–water partition coefficient (Wildman–Crippen LogP) is 3.16. The third-order valence-corrected chi connectivity index (χ3v) is 5.11. The minimum absolute atomic E-state index is 0.0332. The van der Waals surface area contributed by atoms with Gasteiger partial charge in [-0.25, -0.2) is 17.5 Å². The first-order valence-electron chi connectivity index (χ1n) is 6.28. The third-order valence-electron chi connectivity index (χ3n) is 2.73. The lowest BCUT2D eigenvalue weighted by atomic mass is 10.3. The van der Waals surface area contributed by atoms with Gasteiger partial charge in [0.1, 0.15) is 10.7 Å². The number of amides is 1. The van der Waals surface area contributed by atoms with Crippen molar-refractivity contribution in [3.8, 4) is 0 Å². The Bertz CT molecular complexity index is 828. The van der Waals surface area contributed by atoms with E-state index in [1.807, 2.05) is 0 Å². The van der Waals surface area contributed by atoms with Gasteiger partial charge >= 0.3 is 0 Å². The van der Waals surface area contributed by atoms with E-state index in [4.69, 9.17) is 11.6 Å². The molecule has 0 aliphatic rings. The molecule has 9 heteroatoms. The summed E-state index contributed by atoms with van der Waals surface area (Å²) in [5.41, 5.74) is 0.359. The quantitative estimate of drug-likeness (QED) is 0.779. The zero-order valence-electron chi connectivity index (χ0n) is 11.5. The first-order chi connectivity index (χ1) is 10.8. The van der Waals surface area contributed by atoms with Crippen LogP contribution in [0.25, 0.3) is 0 Å². The van der Waals surface area contributed by atoms with Crippen LogP contribution in [-0.4, -0.2) is 20.9 Å². The lowest BCUT2D eigenvalue weighted by molar-refractivity contribution is -0.115. The van der Waals surface area contributed by atoms with Crippen molar-refractivity contribution in [3.05, 3.63) is 57.8 Å². The fourth-order valence-corrected chi connectivity index (χ4v) is 3.69. The Morgan fingerprint density at radius 1 is 1.17 bits per heavy atom. The number of benzene rings is 2. The van der Waals surface area contributed by atoms with Gasteiger partial charge in [-0.05, 0) is 42.5 Å². The molecule has 0 spiro atoms. The number of nitrogens with one attached hydrogen (secondary N) is 2.